The Hall–Kier alpha value is -2.69. The molecule has 1 aromatic heterocycles. The van der Waals surface area contributed by atoms with Crippen LogP contribution in [-0.4, -0.2) is 49.9 Å². The first-order valence-corrected chi connectivity index (χ1v) is 10.8. The molecule has 29 heavy (non-hydrogen) atoms. The molecule has 1 aromatic carbocycles. The number of aliphatic carboxylic acids is 1. The summed E-state index contributed by atoms with van der Waals surface area (Å²) in [5.74, 6) is -1.63. The van der Waals surface area contributed by atoms with E-state index in [0.717, 1.165) is 10.2 Å². The van der Waals surface area contributed by atoms with Gasteiger partial charge in [0.1, 0.15) is 23.2 Å². The number of thiazole rings is 1. The number of hydrogen-bond donors (Lipinski definition) is 3. The van der Waals surface area contributed by atoms with Gasteiger partial charge in [-0.2, -0.15) is 0 Å². The van der Waals surface area contributed by atoms with Crippen molar-refractivity contribution >= 4 is 51.1 Å². The standard InChI is InChI=1S/C19H18N4O4S2/c1-2-3-10-7-28-18-14(17(25)23(18)15(10)19(26)27)22-16(24)13(20)9-4-5-11-12(6-9)29-8-21-11/h2-6,8,13-14,18H,7,20H2,1H3,(H,22,24)(H,26,27)/b3-2+. The number of nitrogens with zero attached hydrogens (tertiary/aromatic N) is 2. The Kier molecular flexibility index (Phi) is 5.15. The number of carboxylic acid groups (broad SMARTS) is 1. The number of nitrogens with one attached hydrogen (secondary N) is 1. The van der Waals surface area contributed by atoms with Gasteiger partial charge in [0.2, 0.25) is 5.91 Å². The minimum absolute atomic E-state index is 0.0257. The molecule has 3 unspecified atom stereocenters. The maximum absolute atomic E-state index is 12.7. The van der Waals surface area contributed by atoms with Crippen LogP contribution < -0.4 is 11.1 Å². The summed E-state index contributed by atoms with van der Waals surface area (Å²) in [6, 6.07) is 3.62. The molecule has 0 saturated carbocycles. The first-order valence-electron chi connectivity index (χ1n) is 8.85. The van der Waals surface area contributed by atoms with Crippen molar-refractivity contribution in [2.75, 3.05) is 5.75 Å². The van der Waals surface area contributed by atoms with Gasteiger partial charge in [-0.05, 0) is 30.2 Å². The Balaban J connectivity index is 1.50. The molecule has 4 N–H and O–H groups in total. The number of rotatable bonds is 5. The number of thioether (sulfide) groups is 1. The fourth-order valence-corrected chi connectivity index (χ4v) is 5.48. The van der Waals surface area contributed by atoms with Crippen molar-refractivity contribution in [3.63, 3.8) is 0 Å². The molecule has 2 aromatic rings. The number of benzene rings is 1. The number of allylic oxidation sites excluding steroid dienone is 2. The predicted octanol–water partition coefficient (Wildman–Crippen LogP) is 1.61. The summed E-state index contributed by atoms with van der Waals surface area (Å²) in [6.45, 7) is 1.79. The highest BCUT2D eigenvalue weighted by atomic mass is 32.2. The third-order valence-electron chi connectivity index (χ3n) is 4.86. The molecule has 2 aliphatic rings. The molecule has 3 atom stereocenters. The van der Waals surface area contributed by atoms with Crippen LogP contribution in [0.1, 0.15) is 18.5 Å². The van der Waals surface area contributed by atoms with Crippen molar-refractivity contribution in [2.45, 2.75) is 24.4 Å². The lowest BCUT2D eigenvalue weighted by molar-refractivity contribution is -0.150. The highest BCUT2D eigenvalue weighted by molar-refractivity contribution is 8.00. The van der Waals surface area contributed by atoms with E-state index in [1.165, 1.54) is 28.0 Å². The largest absolute Gasteiger partial charge is 0.477 e. The Bertz CT molecular complexity index is 1080. The van der Waals surface area contributed by atoms with E-state index in [9.17, 15) is 19.5 Å². The first-order chi connectivity index (χ1) is 13.9. The van der Waals surface area contributed by atoms with Crippen molar-refractivity contribution in [2.24, 2.45) is 5.73 Å². The van der Waals surface area contributed by atoms with Crippen LogP contribution in [0.5, 0.6) is 0 Å². The monoisotopic (exact) mass is 430 g/mol. The molecule has 8 nitrogen and oxygen atoms in total. The van der Waals surface area contributed by atoms with Crippen molar-refractivity contribution in [3.8, 4) is 0 Å². The lowest BCUT2D eigenvalue weighted by Crippen LogP contribution is -2.71. The van der Waals surface area contributed by atoms with Gasteiger partial charge in [0.15, 0.2) is 0 Å². The highest BCUT2D eigenvalue weighted by Gasteiger charge is 2.54. The smallest absolute Gasteiger partial charge is 0.352 e. The Morgan fingerprint density at radius 1 is 1.45 bits per heavy atom. The zero-order valence-electron chi connectivity index (χ0n) is 15.4. The molecular formula is C19H18N4O4S2. The molecular weight excluding hydrogens is 412 g/mol. The summed E-state index contributed by atoms with van der Waals surface area (Å²) in [5.41, 5.74) is 9.83. The number of fused-ring (bicyclic) bond motifs is 2. The maximum atomic E-state index is 12.7. The molecule has 1 saturated heterocycles. The number of hydrogen-bond acceptors (Lipinski definition) is 7. The minimum Gasteiger partial charge on any atom is -0.477 e. The lowest BCUT2D eigenvalue weighted by Gasteiger charge is -2.49. The zero-order valence-corrected chi connectivity index (χ0v) is 17.0. The molecule has 0 aliphatic carbocycles. The van der Waals surface area contributed by atoms with Gasteiger partial charge in [-0.25, -0.2) is 9.78 Å². The predicted molar refractivity (Wildman–Crippen MR) is 111 cm³/mol. The van der Waals surface area contributed by atoms with Gasteiger partial charge < -0.3 is 16.2 Å². The van der Waals surface area contributed by atoms with E-state index in [-0.39, 0.29) is 5.70 Å². The van der Waals surface area contributed by atoms with Gasteiger partial charge in [-0.15, -0.1) is 23.1 Å². The molecule has 4 rings (SSSR count). The lowest BCUT2D eigenvalue weighted by atomic mass is 10.0. The summed E-state index contributed by atoms with van der Waals surface area (Å²) in [4.78, 5) is 42.4. The fraction of sp³-hybridized carbons (Fsp3) is 0.263. The number of carboxylic acids is 1. The molecule has 0 spiro atoms. The molecule has 2 aliphatic heterocycles. The van der Waals surface area contributed by atoms with Crippen LogP contribution in [0.4, 0.5) is 0 Å². The summed E-state index contributed by atoms with van der Waals surface area (Å²) in [6.07, 6.45) is 3.43. The van der Waals surface area contributed by atoms with Crippen molar-refractivity contribution < 1.29 is 19.5 Å². The number of carbonyl (C=O) groups excluding carboxylic acids is 2. The van der Waals surface area contributed by atoms with Crippen molar-refractivity contribution in [1.82, 2.24) is 15.2 Å². The second-order valence-electron chi connectivity index (χ2n) is 6.63. The Morgan fingerprint density at radius 2 is 2.24 bits per heavy atom. The molecule has 10 heteroatoms. The zero-order chi connectivity index (χ0) is 20.7. The number of nitrogens with two attached hydrogens (primary N) is 1. The van der Waals surface area contributed by atoms with E-state index in [0.29, 0.717) is 16.9 Å². The molecule has 1 fully saturated rings. The van der Waals surface area contributed by atoms with Crippen molar-refractivity contribution in [1.29, 1.82) is 0 Å². The van der Waals surface area contributed by atoms with E-state index in [4.69, 9.17) is 5.73 Å². The third kappa shape index (κ3) is 3.33. The van der Waals surface area contributed by atoms with E-state index < -0.39 is 35.2 Å². The number of aromatic nitrogens is 1. The SMILES string of the molecule is C/C=C/C1=C(C(=O)O)N2C(=O)C(NC(=O)C(N)c3ccc4ncsc4c3)C2SC1. The van der Waals surface area contributed by atoms with Crippen LogP contribution in [0.2, 0.25) is 0 Å². The van der Waals surface area contributed by atoms with Gasteiger partial charge in [0, 0.05) is 5.75 Å². The van der Waals surface area contributed by atoms with Gasteiger partial charge in [0.05, 0.1) is 15.7 Å². The second kappa shape index (κ2) is 7.62. The molecule has 0 bridgehead atoms. The quantitative estimate of drug-likeness (QED) is 0.615. The van der Waals surface area contributed by atoms with Crippen LogP contribution in [0.25, 0.3) is 10.2 Å². The van der Waals surface area contributed by atoms with Crippen LogP contribution in [-0.2, 0) is 14.4 Å². The number of β-lactam (4-membered cyclic amide) rings is 1. The fourth-order valence-electron chi connectivity index (χ4n) is 3.43. The van der Waals surface area contributed by atoms with Crippen LogP contribution in [0.3, 0.4) is 0 Å². The second-order valence-corrected chi connectivity index (χ2v) is 8.62. The van der Waals surface area contributed by atoms with Gasteiger partial charge in [-0.1, -0.05) is 18.2 Å². The third-order valence-corrected chi connectivity index (χ3v) is 6.96. The highest BCUT2D eigenvalue weighted by Crippen LogP contribution is 2.40. The summed E-state index contributed by atoms with van der Waals surface area (Å²) in [7, 11) is 0. The molecule has 3 heterocycles. The summed E-state index contributed by atoms with van der Waals surface area (Å²) in [5, 5.41) is 11.8. The normalized spacial score (nSPS) is 22.6. The Labute approximate surface area is 174 Å². The maximum Gasteiger partial charge on any atom is 0.352 e. The van der Waals surface area contributed by atoms with E-state index in [1.807, 2.05) is 6.07 Å². The van der Waals surface area contributed by atoms with Gasteiger partial charge >= 0.3 is 5.97 Å². The topological polar surface area (TPSA) is 126 Å². The van der Waals surface area contributed by atoms with Crippen LogP contribution >= 0.6 is 23.1 Å². The summed E-state index contributed by atoms with van der Waals surface area (Å²) >= 11 is 2.87. The molecule has 0 radical (unpaired) electrons. The average Bonchev–Trinajstić information content (AvgIpc) is 3.18. The van der Waals surface area contributed by atoms with E-state index in [2.05, 4.69) is 10.3 Å². The molecule has 150 valence electrons. The first kappa shape index (κ1) is 19.6. The van der Waals surface area contributed by atoms with E-state index >= 15 is 0 Å². The minimum atomic E-state index is -1.16. The summed E-state index contributed by atoms with van der Waals surface area (Å²) < 4.78 is 0.923. The van der Waals surface area contributed by atoms with Crippen LogP contribution in [0.15, 0.2) is 47.1 Å². The van der Waals surface area contributed by atoms with Gasteiger partial charge in [0.25, 0.3) is 5.91 Å². The Morgan fingerprint density at radius 3 is 2.97 bits per heavy atom. The van der Waals surface area contributed by atoms with Crippen molar-refractivity contribution in [3.05, 3.63) is 52.7 Å². The van der Waals surface area contributed by atoms with Gasteiger partial charge in [-0.3, -0.25) is 14.5 Å². The number of carbonyl (C=O) groups is 3. The number of amides is 2. The molecule has 2 amide bonds. The van der Waals surface area contributed by atoms with Crippen LogP contribution in [0, 0.1) is 0 Å². The van der Waals surface area contributed by atoms with E-state index in [1.54, 1.807) is 36.7 Å². The average molecular weight is 431 g/mol.